The zero-order valence-electron chi connectivity index (χ0n) is 14.9. The van der Waals surface area contributed by atoms with Crippen LogP contribution in [0, 0.1) is 0 Å². The number of pyridine rings is 1. The highest BCUT2D eigenvalue weighted by Gasteiger charge is 2.29. The van der Waals surface area contributed by atoms with E-state index >= 15 is 0 Å². The van der Waals surface area contributed by atoms with E-state index in [0.29, 0.717) is 11.4 Å². The van der Waals surface area contributed by atoms with Gasteiger partial charge in [-0.1, -0.05) is 18.2 Å². The summed E-state index contributed by atoms with van der Waals surface area (Å²) in [4.78, 5) is 5.03. The van der Waals surface area contributed by atoms with Crippen LogP contribution in [0.5, 0.6) is 0 Å². The molecule has 1 aromatic heterocycles. The van der Waals surface area contributed by atoms with Crippen LogP contribution in [0.2, 0.25) is 0 Å². The molecule has 0 aliphatic heterocycles. The summed E-state index contributed by atoms with van der Waals surface area (Å²) in [7, 11) is -2.29. The molecule has 2 unspecified atom stereocenters. The zero-order valence-corrected chi connectivity index (χ0v) is 16.5. The lowest BCUT2D eigenvalue weighted by Crippen LogP contribution is -2.30. The Balaban J connectivity index is 2.24. The van der Waals surface area contributed by atoms with Crippen molar-refractivity contribution in [2.75, 3.05) is 0 Å². The van der Waals surface area contributed by atoms with Gasteiger partial charge in [0.1, 0.15) is 5.03 Å². The maximum atomic E-state index is 12.8. The smallest absolute Gasteiger partial charge is 0.127 e. The van der Waals surface area contributed by atoms with Gasteiger partial charge in [-0.05, 0) is 70.9 Å². The second-order valence-corrected chi connectivity index (χ2v) is 11.7. The average Bonchev–Trinajstić information content (AvgIpc) is 2.53. The molecule has 0 radical (unpaired) electrons. The van der Waals surface area contributed by atoms with Gasteiger partial charge in [0.25, 0.3) is 0 Å². The normalized spacial score (nSPS) is 15.0. The standard InChI is InChI=1S/C19H25NO2S2/c1-18(2,3)23(21)16-10-8-9-15(13-16)14-19(4,5)24(22)17-11-6-7-12-20-17/h6-13H,14H2,1-5H3. The molecule has 0 aliphatic carbocycles. The number of hydrogen-bond donors (Lipinski definition) is 0. The molecular formula is C19H25NO2S2. The van der Waals surface area contributed by atoms with Crippen molar-refractivity contribution < 1.29 is 8.42 Å². The Bertz CT molecular complexity index is 749. The predicted octanol–water partition coefficient (Wildman–Crippen LogP) is 4.12. The fraction of sp³-hybridized carbons (Fsp3) is 0.421. The van der Waals surface area contributed by atoms with E-state index in [1.165, 1.54) is 0 Å². The first kappa shape index (κ1) is 19.0. The van der Waals surface area contributed by atoms with Crippen LogP contribution >= 0.6 is 0 Å². The minimum absolute atomic E-state index is 0.301. The highest BCUT2D eigenvalue weighted by Crippen LogP contribution is 2.26. The van der Waals surface area contributed by atoms with Gasteiger partial charge in [0.15, 0.2) is 0 Å². The molecule has 24 heavy (non-hydrogen) atoms. The lowest BCUT2D eigenvalue weighted by atomic mass is 10.0. The van der Waals surface area contributed by atoms with Crippen LogP contribution < -0.4 is 0 Å². The Morgan fingerprint density at radius 3 is 2.21 bits per heavy atom. The lowest BCUT2D eigenvalue weighted by Gasteiger charge is -2.24. The van der Waals surface area contributed by atoms with Crippen LogP contribution in [-0.4, -0.2) is 22.9 Å². The molecule has 2 rings (SSSR count). The van der Waals surface area contributed by atoms with E-state index in [1.54, 1.807) is 12.3 Å². The lowest BCUT2D eigenvalue weighted by molar-refractivity contribution is 0.619. The van der Waals surface area contributed by atoms with Gasteiger partial charge >= 0.3 is 0 Å². The van der Waals surface area contributed by atoms with E-state index in [0.717, 1.165) is 10.5 Å². The van der Waals surface area contributed by atoms with E-state index in [9.17, 15) is 8.42 Å². The van der Waals surface area contributed by atoms with Gasteiger partial charge in [-0.2, -0.15) is 0 Å². The molecule has 0 spiro atoms. The summed E-state index contributed by atoms with van der Waals surface area (Å²) in [6, 6.07) is 13.3. The van der Waals surface area contributed by atoms with E-state index in [4.69, 9.17) is 0 Å². The topological polar surface area (TPSA) is 47.0 Å². The quantitative estimate of drug-likeness (QED) is 0.803. The van der Waals surface area contributed by atoms with Crippen LogP contribution in [0.15, 0.2) is 58.6 Å². The molecule has 0 N–H and O–H groups in total. The molecule has 1 heterocycles. The van der Waals surface area contributed by atoms with Crippen LogP contribution in [0.25, 0.3) is 0 Å². The molecule has 0 fully saturated rings. The summed E-state index contributed by atoms with van der Waals surface area (Å²) in [6.07, 6.45) is 2.29. The average molecular weight is 364 g/mol. The Morgan fingerprint density at radius 1 is 0.917 bits per heavy atom. The summed E-state index contributed by atoms with van der Waals surface area (Å²) in [5, 5.41) is 0.594. The Labute approximate surface area is 149 Å². The number of aromatic nitrogens is 1. The van der Waals surface area contributed by atoms with E-state index in [-0.39, 0.29) is 4.75 Å². The van der Waals surface area contributed by atoms with Gasteiger partial charge in [-0.15, -0.1) is 0 Å². The van der Waals surface area contributed by atoms with Crippen LogP contribution in [0.3, 0.4) is 0 Å². The van der Waals surface area contributed by atoms with E-state index < -0.39 is 26.3 Å². The van der Waals surface area contributed by atoms with Crippen molar-refractivity contribution in [3.63, 3.8) is 0 Å². The molecule has 0 saturated carbocycles. The van der Waals surface area contributed by atoms with Crippen molar-refractivity contribution in [2.45, 2.75) is 60.5 Å². The Morgan fingerprint density at radius 2 is 1.62 bits per heavy atom. The van der Waals surface area contributed by atoms with Gasteiger partial charge in [-0.3, -0.25) is 8.42 Å². The molecule has 0 bridgehead atoms. The Kier molecular flexibility index (Phi) is 5.76. The van der Waals surface area contributed by atoms with Crippen molar-refractivity contribution in [1.82, 2.24) is 4.98 Å². The molecule has 0 amide bonds. The fourth-order valence-electron chi connectivity index (χ4n) is 2.42. The molecule has 3 nitrogen and oxygen atoms in total. The predicted molar refractivity (Wildman–Crippen MR) is 101 cm³/mol. The third kappa shape index (κ3) is 4.61. The first-order valence-electron chi connectivity index (χ1n) is 7.95. The Hall–Kier alpha value is -1.33. The summed E-state index contributed by atoms with van der Waals surface area (Å²) in [6.45, 7) is 9.86. The second kappa shape index (κ2) is 7.28. The summed E-state index contributed by atoms with van der Waals surface area (Å²) >= 11 is 0. The van der Waals surface area contributed by atoms with Crippen molar-refractivity contribution in [1.29, 1.82) is 0 Å². The molecule has 1 aromatic carbocycles. The first-order valence-corrected chi connectivity index (χ1v) is 10.2. The van der Waals surface area contributed by atoms with E-state index in [1.807, 2.05) is 71.0 Å². The fourth-order valence-corrected chi connectivity index (χ4v) is 4.81. The molecular weight excluding hydrogens is 338 g/mol. The number of hydrogen-bond acceptors (Lipinski definition) is 3. The molecule has 0 aliphatic rings. The molecule has 5 heteroatoms. The highest BCUT2D eigenvalue weighted by atomic mass is 32.2. The molecule has 130 valence electrons. The summed E-state index contributed by atoms with van der Waals surface area (Å²) in [5.74, 6) is 0. The first-order chi connectivity index (χ1) is 11.1. The van der Waals surface area contributed by atoms with Gasteiger partial charge in [0.05, 0.1) is 26.3 Å². The third-order valence-corrected chi connectivity index (χ3v) is 7.19. The number of rotatable bonds is 5. The van der Waals surface area contributed by atoms with Gasteiger partial charge in [0.2, 0.25) is 0 Å². The highest BCUT2D eigenvalue weighted by molar-refractivity contribution is 7.86. The maximum Gasteiger partial charge on any atom is 0.127 e. The zero-order chi connectivity index (χ0) is 18.0. The number of nitrogens with zero attached hydrogens (tertiary/aromatic N) is 1. The second-order valence-electron chi connectivity index (χ2n) is 7.40. The van der Waals surface area contributed by atoms with Crippen molar-refractivity contribution in [2.24, 2.45) is 0 Å². The molecule has 2 aromatic rings. The third-order valence-electron chi connectivity index (χ3n) is 3.63. The summed E-state index contributed by atoms with van der Waals surface area (Å²) in [5.41, 5.74) is 1.04. The van der Waals surface area contributed by atoms with Crippen molar-refractivity contribution in [3.8, 4) is 0 Å². The maximum absolute atomic E-state index is 12.8. The molecule has 0 saturated heterocycles. The minimum Gasteiger partial charge on any atom is -0.254 e. The van der Waals surface area contributed by atoms with Crippen molar-refractivity contribution in [3.05, 3.63) is 54.2 Å². The summed E-state index contributed by atoms with van der Waals surface area (Å²) < 4.78 is 24.7. The molecule has 2 atom stereocenters. The largest absolute Gasteiger partial charge is 0.254 e. The number of benzene rings is 1. The van der Waals surface area contributed by atoms with Crippen molar-refractivity contribution >= 4 is 21.6 Å². The van der Waals surface area contributed by atoms with Crippen LogP contribution in [0.4, 0.5) is 0 Å². The van der Waals surface area contributed by atoms with Crippen LogP contribution in [-0.2, 0) is 28.0 Å². The van der Waals surface area contributed by atoms with Gasteiger partial charge in [-0.25, -0.2) is 4.98 Å². The monoisotopic (exact) mass is 363 g/mol. The SMILES string of the molecule is CC(C)(C)S(=O)c1cccc(CC(C)(C)S(=O)c2ccccn2)c1. The van der Waals surface area contributed by atoms with Gasteiger partial charge < -0.3 is 0 Å². The van der Waals surface area contributed by atoms with E-state index in [2.05, 4.69) is 4.98 Å². The van der Waals surface area contributed by atoms with Gasteiger partial charge in [0, 0.05) is 15.8 Å². The minimum atomic E-state index is -1.22. The van der Waals surface area contributed by atoms with Crippen LogP contribution in [0.1, 0.15) is 40.2 Å².